The minimum Gasteiger partial charge on any atom is -0.496 e. The molecule has 0 aliphatic carbocycles. The van der Waals surface area contributed by atoms with Gasteiger partial charge in [0.05, 0.1) is 31.9 Å². The van der Waals surface area contributed by atoms with E-state index in [2.05, 4.69) is 4.72 Å². The maximum atomic E-state index is 12.7. The Morgan fingerprint density at radius 3 is 2.00 bits per heavy atom. The summed E-state index contributed by atoms with van der Waals surface area (Å²) in [6, 6.07) is 7.36. The standard InChI is InChI=1S/C18H21NO6S/c1-11-8-13(6-7-16(11)23-3)26(21,22)19-15-10-18(25-5)17(24-4)9-14(15)12(2)20/h6-10,19H,1-5H3. The summed E-state index contributed by atoms with van der Waals surface area (Å²) in [5.74, 6) is 0.913. The first-order chi connectivity index (χ1) is 12.2. The van der Waals surface area contributed by atoms with E-state index in [9.17, 15) is 13.2 Å². The maximum absolute atomic E-state index is 12.7. The molecule has 0 bridgehead atoms. The fourth-order valence-electron chi connectivity index (χ4n) is 2.48. The molecule has 0 radical (unpaired) electrons. The highest BCUT2D eigenvalue weighted by molar-refractivity contribution is 7.92. The minimum absolute atomic E-state index is 0.0556. The zero-order chi connectivity index (χ0) is 19.5. The quantitative estimate of drug-likeness (QED) is 0.744. The number of rotatable bonds is 7. The van der Waals surface area contributed by atoms with Gasteiger partial charge in [-0.1, -0.05) is 0 Å². The van der Waals surface area contributed by atoms with Gasteiger partial charge in [0.2, 0.25) is 0 Å². The van der Waals surface area contributed by atoms with Crippen LogP contribution in [0.25, 0.3) is 0 Å². The van der Waals surface area contributed by atoms with E-state index in [0.29, 0.717) is 22.8 Å². The van der Waals surface area contributed by atoms with Gasteiger partial charge in [0, 0.05) is 11.6 Å². The topological polar surface area (TPSA) is 90.9 Å². The monoisotopic (exact) mass is 379 g/mol. The van der Waals surface area contributed by atoms with Crippen molar-refractivity contribution in [3.63, 3.8) is 0 Å². The number of anilines is 1. The number of hydrogen-bond donors (Lipinski definition) is 1. The molecule has 0 aliphatic heterocycles. The number of sulfonamides is 1. The molecular weight excluding hydrogens is 358 g/mol. The predicted octanol–water partition coefficient (Wildman–Crippen LogP) is 3.02. The number of nitrogens with one attached hydrogen (secondary N) is 1. The van der Waals surface area contributed by atoms with Gasteiger partial charge in [-0.05, 0) is 43.7 Å². The van der Waals surface area contributed by atoms with Gasteiger partial charge in [-0.2, -0.15) is 0 Å². The van der Waals surface area contributed by atoms with Crippen LogP contribution >= 0.6 is 0 Å². The zero-order valence-electron chi connectivity index (χ0n) is 15.2. The molecule has 7 nitrogen and oxygen atoms in total. The van der Waals surface area contributed by atoms with Crippen LogP contribution in [-0.4, -0.2) is 35.5 Å². The third-order valence-electron chi connectivity index (χ3n) is 3.82. The van der Waals surface area contributed by atoms with Crippen LogP contribution in [0.1, 0.15) is 22.8 Å². The summed E-state index contributed by atoms with van der Waals surface area (Å²) in [7, 11) is 0.459. The zero-order valence-corrected chi connectivity index (χ0v) is 16.1. The number of methoxy groups -OCH3 is 3. The van der Waals surface area contributed by atoms with Gasteiger partial charge < -0.3 is 14.2 Å². The van der Waals surface area contributed by atoms with Crippen molar-refractivity contribution in [1.82, 2.24) is 0 Å². The molecule has 0 aliphatic rings. The number of ketones is 1. The van der Waals surface area contributed by atoms with Crippen LogP contribution in [0.4, 0.5) is 5.69 Å². The lowest BCUT2D eigenvalue weighted by Crippen LogP contribution is -2.15. The molecule has 0 spiro atoms. The van der Waals surface area contributed by atoms with Crippen molar-refractivity contribution >= 4 is 21.5 Å². The van der Waals surface area contributed by atoms with Crippen molar-refractivity contribution in [1.29, 1.82) is 0 Å². The molecule has 0 fully saturated rings. The van der Waals surface area contributed by atoms with Crippen molar-refractivity contribution in [2.75, 3.05) is 26.1 Å². The van der Waals surface area contributed by atoms with Gasteiger partial charge in [0.15, 0.2) is 17.3 Å². The number of Topliss-reactive ketones (excluding diaryl/α,β-unsaturated/α-hetero) is 1. The van der Waals surface area contributed by atoms with Crippen molar-refractivity contribution in [2.24, 2.45) is 0 Å². The summed E-state index contributed by atoms with van der Waals surface area (Å²) < 4.78 is 43.5. The average molecular weight is 379 g/mol. The summed E-state index contributed by atoms with van der Waals surface area (Å²) in [6.45, 7) is 3.09. The van der Waals surface area contributed by atoms with Gasteiger partial charge in [-0.3, -0.25) is 9.52 Å². The Morgan fingerprint density at radius 1 is 0.923 bits per heavy atom. The Morgan fingerprint density at radius 2 is 1.50 bits per heavy atom. The molecule has 1 N–H and O–H groups in total. The molecule has 0 saturated heterocycles. The molecule has 8 heteroatoms. The maximum Gasteiger partial charge on any atom is 0.261 e. The Hall–Kier alpha value is -2.74. The van der Waals surface area contributed by atoms with E-state index in [-0.39, 0.29) is 21.9 Å². The number of carbonyl (C=O) groups is 1. The molecule has 0 amide bonds. The summed E-state index contributed by atoms with van der Waals surface area (Å²) in [4.78, 5) is 12.0. The van der Waals surface area contributed by atoms with Crippen LogP contribution in [-0.2, 0) is 10.0 Å². The second-order valence-electron chi connectivity index (χ2n) is 5.55. The Bertz CT molecular complexity index is 937. The molecular formula is C18H21NO6S. The third kappa shape index (κ3) is 3.91. The summed E-state index contributed by atoms with van der Waals surface area (Å²) >= 11 is 0. The molecule has 0 saturated carbocycles. The first kappa shape index (κ1) is 19.6. The van der Waals surface area contributed by atoms with E-state index < -0.39 is 10.0 Å². The molecule has 0 unspecified atom stereocenters. The Labute approximate surface area is 152 Å². The molecule has 0 heterocycles. The minimum atomic E-state index is -3.92. The van der Waals surface area contributed by atoms with Crippen LogP contribution in [0.5, 0.6) is 17.2 Å². The van der Waals surface area contributed by atoms with Crippen LogP contribution in [0.15, 0.2) is 35.2 Å². The van der Waals surface area contributed by atoms with Gasteiger partial charge >= 0.3 is 0 Å². The van der Waals surface area contributed by atoms with E-state index in [1.807, 2.05) is 0 Å². The molecule has 0 atom stereocenters. The lowest BCUT2D eigenvalue weighted by Gasteiger charge is -2.16. The molecule has 2 rings (SSSR count). The molecule has 2 aromatic carbocycles. The fourth-order valence-corrected chi connectivity index (χ4v) is 3.63. The van der Waals surface area contributed by atoms with E-state index in [4.69, 9.17) is 14.2 Å². The van der Waals surface area contributed by atoms with E-state index in [1.54, 1.807) is 13.0 Å². The molecule has 2 aromatic rings. The van der Waals surface area contributed by atoms with E-state index in [1.165, 1.54) is 52.5 Å². The average Bonchev–Trinajstić information content (AvgIpc) is 2.60. The number of ether oxygens (including phenoxy) is 3. The summed E-state index contributed by atoms with van der Waals surface area (Å²) in [5.41, 5.74) is 0.967. The van der Waals surface area contributed by atoms with Crippen molar-refractivity contribution in [3.05, 3.63) is 41.5 Å². The largest absolute Gasteiger partial charge is 0.496 e. The van der Waals surface area contributed by atoms with Crippen LogP contribution in [0.2, 0.25) is 0 Å². The smallest absolute Gasteiger partial charge is 0.261 e. The van der Waals surface area contributed by atoms with Gasteiger partial charge in [0.25, 0.3) is 10.0 Å². The number of carbonyl (C=O) groups excluding carboxylic acids is 1. The van der Waals surface area contributed by atoms with Crippen molar-refractivity contribution < 1.29 is 27.4 Å². The number of aryl methyl sites for hydroxylation is 1. The second-order valence-corrected chi connectivity index (χ2v) is 7.23. The highest BCUT2D eigenvalue weighted by Gasteiger charge is 2.21. The van der Waals surface area contributed by atoms with Gasteiger partial charge in [0.1, 0.15) is 5.75 Å². The Kier molecular flexibility index (Phi) is 5.76. The van der Waals surface area contributed by atoms with E-state index in [0.717, 1.165) is 0 Å². The third-order valence-corrected chi connectivity index (χ3v) is 5.19. The highest BCUT2D eigenvalue weighted by atomic mass is 32.2. The van der Waals surface area contributed by atoms with Gasteiger partial charge in [-0.15, -0.1) is 0 Å². The van der Waals surface area contributed by atoms with Crippen LogP contribution < -0.4 is 18.9 Å². The second kappa shape index (κ2) is 7.65. The summed E-state index contributed by atoms with van der Waals surface area (Å²) in [6.07, 6.45) is 0. The van der Waals surface area contributed by atoms with Gasteiger partial charge in [-0.25, -0.2) is 8.42 Å². The van der Waals surface area contributed by atoms with Crippen molar-refractivity contribution in [3.8, 4) is 17.2 Å². The molecule has 0 aromatic heterocycles. The highest BCUT2D eigenvalue weighted by Crippen LogP contribution is 2.35. The first-order valence-electron chi connectivity index (χ1n) is 7.68. The lowest BCUT2D eigenvalue weighted by atomic mass is 10.1. The Balaban J connectivity index is 2.52. The van der Waals surface area contributed by atoms with Crippen molar-refractivity contribution in [2.45, 2.75) is 18.7 Å². The van der Waals surface area contributed by atoms with Crippen LogP contribution in [0, 0.1) is 6.92 Å². The fraction of sp³-hybridized carbons (Fsp3) is 0.278. The summed E-state index contributed by atoms with van der Waals surface area (Å²) in [5, 5.41) is 0. The molecule has 140 valence electrons. The normalized spacial score (nSPS) is 11.0. The number of benzene rings is 2. The lowest BCUT2D eigenvalue weighted by molar-refractivity contribution is 0.101. The van der Waals surface area contributed by atoms with Crippen LogP contribution in [0.3, 0.4) is 0 Å². The first-order valence-corrected chi connectivity index (χ1v) is 9.16. The van der Waals surface area contributed by atoms with E-state index >= 15 is 0 Å². The SMILES string of the molecule is COc1ccc(S(=O)(=O)Nc2cc(OC)c(OC)cc2C(C)=O)cc1C. The molecule has 26 heavy (non-hydrogen) atoms. The number of hydrogen-bond acceptors (Lipinski definition) is 6. The predicted molar refractivity (Wildman–Crippen MR) is 98.1 cm³/mol.